The minimum atomic E-state index is -1.29. The molecule has 0 radical (unpaired) electrons. The lowest BCUT2D eigenvalue weighted by Gasteiger charge is -2.30. The molecule has 1 atom stereocenters. The van der Waals surface area contributed by atoms with Crippen molar-refractivity contribution in [3.63, 3.8) is 0 Å². The van der Waals surface area contributed by atoms with E-state index in [0.29, 0.717) is 24.3 Å². The highest BCUT2D eigenvalue weighted by atomic mass is 35.5. The van der Waals surface area contributed by atoms with Crippen LogP contribution in [0.1, 0.15) is 12.8 Å². The van der Waals surface area contributed by atoms with Gasteiger partial charge in [-0.1, -0.05) is 6.07 Å². The Balaban J connectivity index is 0.00000205. The van der Waals surface area contributed by atoms with Gasteiger partial charge in [-0.3, -0.25) is 4.98 Å². The molecule has 5 rings (SSSR count). The molecule has 29 heavy (non-hydrogen) atoms. The molecule has 0 amide bonds. The number of nitrogens with one attached hydrogen (secondary N) is 2. The van der Waals surface area contributed by atoms with Crippen molar-refractivity contribution in [3.8, 4) is 11.3 Å². The minimum Gasteiger partial charge on any atom is -0.365 e. The van der Waals surface area contributed by atoms with E-state index in [9.17, 15) is 0 Å². The SMILES string of the molecule is Cl.FC1(CNc2nc(-c3ccc4scnc4c3)cc3nccnc23)CCCNC1. The van der Waals surface area contributed by atoms with Crippen LogP contribution in [0.25, 0.3) is 32.5 Å². The highest BCUT2D eigenvalue weighted by Gasteiger charge is 2.31. The van der Waals surface area contributed by atoms with Gasteiger partial charge in [-0.15, -0.1) is 23.7 Å². The van der Waals surface area contributed by atoms with Crippen LogP contribution in [-0.4, -0.2) is 45.2 Å². The number of aromatic nitrogens is 4. The molecule has 0 saturated carbocycles. The molecule has 1 aliphatic rings. The average Bonchev–Trinajstić information content (AvgIpc) is 3.20. The van der Waals surface area contributed by atoms with Gasteiger partial charge in [-0.2, -0.15) is 0 Å². The van der Waals surface area contributed by atoms with Gasteiger partial charge in [0.25, 0.3) is 0 Å². The van der Waals surface area contributed by atoms with Gasteiger partial charge >= 0.3 is 0 Å². The van der Waals surface area contributed by atoms with E-state index in [1.54, 1.807) is 23.7 Å². The number of hydrogen-bond acceptors (Lipinski definition) is 7. The van der Waals surface area contributed by atoms with Crippen molar-refractivity contribution in [2.45, 2.75) is 18.5 Å². The average molecular weight is 431 g/mol. The topological polar surface area (TPSA) is 75.6 Å². The van der Waals surface area contributed by atoms with E-state index in [2.05, 4.69) is 25.6 Å². The van der Waals surface area contributed by atoms with E-state index in [4.69, 9.17) is 4.98 Å². The van der Waals surface area contributed by atoms with Crippen LogP contribution in [0.2, 0.25) is 0 Å². The molecule has 1 aliphatic heterocycles. The second-order valence-corrected chi connectivity index (χ2v) is 7.99. The third-order valence-corrected chi connectivity index (χ3v) is 5.89. The number of benzene rings is 1. The number of thiazole rings is 1. The van der Waals surface area contributed by atoms with Crippen molar-refractivity contribution < 1.29 is 4.39 Å². The summed E-state index contributed by atoms with van der Waals surface area (Å²) in [6.07, 6.45) is 4.65. The Morgan fingerprint density at radius 2 is 2.03 bits per heavy atom. The van der Waals surface area contributed by atoms with Crippen molar-refractivity contribution in [1.29, 1.82) is 0 Å². The standard InChI is InChI=1S/C20H19FN6S.ClH/c21-20(4-1-5-22-10-20)11-25-19-18-16(23-6-7-24-18)9-14(27-19)13-2-3-17-15(8-13)26-12-28-17;/h2-3,6-9,12,22H,1,4-5,10-11H2,(H,25,27);1H. The molecule has 150 valence electrons. The fourth-order valence-corrected chi connectivity index (χ4v) is 4.24. The molecule has 4 aromatic rings. The second kappa shape index (κ2) is 8.14. The first-order valence-electron chi connectivity index (χ1n) is 9.29. The zero-order valence-electron chi connectivity index (χ0n) is 15.6. The van der Waals surface area contributed by atoms with E-state index >= 15 is 4.39 Å². The molecule has 1 aromatic carbocycles. The fraction of sp³-hybridized carbons (Fsp3) is 0.300. The van der Waals surface area contributed by atoms with Crippen LogP contribution in [0.4, 0.5) is 10.2 Å². The van der Waals surface area contributed by atoms with E-state index in [-0.39, 0.29) is 19.0 Å². The number of hydrogen-bond donors (Lipinski definition) is 2. The molecule has 3 aromatic heterocycles. The fourth-order valence-electron chi connectivity index (χ4n) is 3.58. The maximum Gasteiger partial charge on any atom is 0.155 e. The summed E-state index contributed by atoms with van der Waals surface area (Å²) in [4.78, 5) is 18.0. The molecule has 0 aliphatic carbocycles. The normalized spacial score (nSPS) is 19.2. The molecule has 6 nitrogen and oxygen atoms in total. The summed E-state index contributed by atoms with van der Waals surface area (Å²) in [5.74, 6) is 0.557. The molecular formula is C20H20ClFN6S. The Bertz CT molecular complexity index is 1140. The zero-order valence-corrected chi connectivity index (χ0v) is 17.2. The number of rotatable bonds is 4. The van der Waals surface area contributed by atoms with E-state index in [0.717, 1.165) is 40.0 Å². The molecule has 9 heteroatoms. The summed E-state index contributed by atoms with van der Waals surface area (Å²) < 4.78 is 16.2. The third-order valence-electron chi connectivity index (χ3n) is 5.08. The summed E-state index contributed by atoms with van der Waals surface area (Å²) in [6, 6.07) is 8.00. The van der Waals surface area contributed by atoms with Crippen molar-refractivity contribution in [3.05, 3.63) is 42.2 Å². The van der Waals surface area contributed by atoms with Crippen molar-refractivity contribution in [2.75, 3.05) is 25.0 Å². The van der Waals surface area contributed by atoms with Crippen LogP contribution in [-0.2, 0) is 0 Å². The third kappa shape index (κ3) is 4.01. The number of anilines is 1. The van der Waals surface area contributed by atoms with Crippen LogP contribution in [0.15, 0.2) is 42.2 Å². The summed E-state index contributed by atoms with van der Waals surface area (Å²) in [5.41, 5.74) is 4.57. The lowest BCUT2D eigenvalue weighted by atomic mass is 9.96. The Morgan fingerprint density at radius 3 is 2.90 bits per heavy atom. The minimum absolute atomic E-state index is 0. The zero-order chi connectivity index (χ0) is 19.0. The summed E-state index contributed by atoms with van der Waals surface area (Å²) in [5, 5.41) is 6.33. The summed E-state index contributed by atoms with van der Waals surface area (Å²) in [6.45, 7) is 1.41. The number of pyridine rings is 1. The largest absolute Gasteiger partial charge is 0.365 e. The van der Waals surface area contributed by atoms with E-state index in [1.807, 2.05) is 29.8 Å². The Morgan fingerprint density at radius 1 is 1.14 bits per heavy atom. The maximum atomic E-state index is 15.0. The van der Waals surface area contributed by atoms with Gasteiger partial charge in [0.15, 0.2) is 5.82 Å². The van der Waals surface area contributed by atoms with Crippen LogP contribution in [0.3, 0.4) is 0 Å². The lowest BCUT2D eigenvalue weighted by Crippen LogP contribution is -2.46. The molecule has 1 saturated heterocycles. The van der Waals surface area contributed by atoms with E-state index < -0.39 is 5.67 Å². The summed E-state index contributed by atoms with van der Waals surface area (Å²) in [7, 11) is 0. The van der Waals surface area contributed by atoms with Crippen molar-refractivity contribution in [2.24, 2.45) is 0 Å². The number of nitrogens with zero attached hydrogens (tertiary/aromatic N) is 4. The maximum absolute atomic E-state index is 15.0. The lowest BCUT2D eigenvalue weighted by molar-refractivity contribution is 0.137. The first-order chi connectivity index (χ1) is 13.7. The number of halogens is 2. The molecule has 0 spiro atoms. The quantitative estimate of drug-likeness (QED) is 0.504. The molecule has 2 N–H and O–H groups in total. The van der Waals surface area contributed by atoms with Gasteiger partial charge in [-0.25, -0.2) is 19.3 Å². The van der Waals surface area contributed by atoms with Gasteiger partial charge in [-0.05, 0) is 37.6 Å². The van der Waals surface area contributed by atoms with Gasteiger partial charge in [0, 0.05) is 24.5 Å². The van der Waals surface area contributed by atoms with Crippen molar-refractivity contribution >= 4 is 50.8 Å². The van der Waals surface area contributed by atoms with Gasteiger partial charge < -0.3 is 10.6 Å². The van der Waals surface area contributed by atoms with Gasteiger partial charge in [0.1, 0.15) is 11.2 Å². The van der Waals surface area contributed by atoms with Gasteiger partial charge in [0.2, 0.25) is 0 Å². The molecule has 0 bridgehead atoms. The van der Waals surface area contributed by atoms with Crippen LogP contribution in [0.5, 0.6) is 0 Å². The van der Waals surface area contributed by atoms with Crippen LogP contribution >= 0.6 is 23.7 Å². The predicted molar refractivity (Wildman–Crippen MR) is 118 cm³/mol. The van der Waals surface area contributed by atoms with Crippen LogP contribution < -0.4 is 10.6 Å². The van der Waals surface area contributed by atoms with Crippen LogP contribution in [0, 0.1) is 0 Å². The highest BCUT2D eigenvalue weighted by molar-refractivity contribution is 7.16. The molecule has 1 unspecified atom stereocenters. The first-order valence-corrected chi connectivity index (χ1v) is 10.2. The smallest absolute Gasteiger partial charge is 0.155 e. The highest BCUT2D eigenvalue weighted by Crippen LogP contribution is 2.29. The molecule has 1 fully saturated rings. The number of fused-ring (bicyclic) bond motifs is 2. The molecule has 4 heterocycles. The predicted octanol–water partition coefficient (Wildman–Crippen LogP) is 4.23. The Hall–Kier alpha value is -2.42. The van der Waals surface area contributed by atoms with Crippen molar-refractivity contribution in [1.82, 2.24) is 25.3 Å². The Labute approximate surface area is 177 Å². The molecular weight excluding hydrogens is 411 g/mol. The van der Waals surface area contributed by atoms with Gasteiger partial charge in [0.05, 0.1) is 33.5 Å². The first kappa shape index (κ1) is 19.9. The summed E-state index contributed by atoms with van der Waals surface area (Å²) >= 11 is 1.61. The second-order valence-electron chi connectivity index (χ2n) is 7.10. The number of piperidine rings is 1. The number of alkyl halides is 1. The Kier molecular flexibility index (Phi) is 5.58. The van der Waals surface area contributed by atoms with E-state index in [1.165, 1.54) is 0 Å². The monoisotopic (exact) mass is 430 g/mol.